The summed E-state index contributed by atoms with van der Waals surface area (Å²) in [5.41, 5.74) is 13.7. The number of hydrogen-bond donors (Lipinski definition) is 0. The fourth-order valence-corrected chi connectivity index (χ4v) is 4.89. The highest BCUT2D eigenvalue weighted by atomic mass is 14.5. The molecule has 0 unspecified atom stereocenters. The van der Waals surface area contributed by atoms with E-state index in [1.54, 1.807) is 44.6 Å². The van der Waals surface area contributed by atoms with Crippen molar-refractivity contribution in [1.29, 1.82) is 0 Å². The van der Waals surface area contributed by atoms with E-state index in [1.165, 1.54) is 25.7 Å². The quantitative estimate of drug-likeness (QED) is 0.533. The molecule has 0 fully saturated rings. The summed E-state index contributed by atoms with van der Waals surface area (Å²) < 4.78 is 0. The van der Waals surface area contributed by atoms with Gasteiger partial charge in [-0.1, -0.05) is 64.8 Å². The van der Waals surface area contributed by atoms with E-state index in [4.69, 9.17) is 0 Å². The first-order chi connectivity index (χ1) is 10.8. The van der Waals surface area contributed by atoms with E-state index >= 15 is 0 Å². The van der Waals surface area contributed by atoms with E-state index in [2.05, 4.69) is 53.7 Å². The molecule has 0 saturated heterocycles. The molecule has 0 saturated carbocycles. The van der Waals surface area contributed by atoms with Crippen LogP contribution in [0.25, 0.3) is 0 Å². The number of allylic oxidation sites excluding steroid dienone is 10. The van der Waals surface area contributed by atoms with Crippen molar-refractivity contribution in [2.75, 3.05) is 0 Å². The van der Waals surface area contributed by atoms with Gasteiger partial charge in [-0.25, -0.2) is 0 Å². The highest BCUT2D eigenvalue weighted by Crippen LogP contribution is 2.57. The highest BCUT2D eigenvalue weighted by Gasteiger charge is 2.41. The molecule has 0 radical (unpaired) electrons. The zero-order chi connectivity index (χ0) is 16.5. The average molecular weight is 306 g/mol. The van der Waals surface area contributed by atoms with Gasteiger partial charge in [-0.15, -0.1) is 0 Å². The van der Waals surface area contributed by atoms with E-state index < -0.39 is 0 Å². The molecular formula is C23H30. The maximum atomic E-state index is 2.54. The molecule has 0 heterocycles. The van der Waals surface area contributed by atoms with Crippen LogP contribution in [0.15, 0.2) is 56.7 Å². The van der Waals surface area contributed by atoms with Gasteiger partial charge in [-0.3, -0.25) is 0 Å². The van der Waals surface area contributed by atoms with Crippen molar-refractivity contribution in [3.8, 4) is 0 Å². The molecule has 0 atom stereocenters. The second-order valence-corrected chi connectivity index (χ2v) is 9.19. The van der Waals surface area contributed by atoms with Crippen LogP contribution in [-0.4, -0.2) is 0 Å². The zero-order valence-electron chi connectivity index (χ0n) is 15.6. The lowest BCUT2D eigenvalue weighted by molar-refractivity contribution is 0.443. The summed E-state index contributed by atoms with van der Waals surface area (Å²) in [5, 5.41) is 0. The Bertz CT molecular complexity index is 739. The third-order valence-corrected chi connectivity index (χ3v) is 6.45. The van der Waals surface area contributed by atoms with E-state index in [-0.39, 0.29) is 0 Å². The third-order valence-electron chi connectivity index (χ3n) is 6.45. The number of fused-ring (bicyclic) bond motifs is 2. The Kier molecular flexibility index (Phi) is 3.21. The number of hydrogen-bond acceptors (Lipinski definition) is 0. The molecule has 0 aromatic heterocycles. The van der Waals surface area contributed by atoms with Crippen molar-refractivity contribution in [3.05, 3.63) is 56.7 Å². The van der Waals surface area contributed by atoms with Crippen LogP contribution in [-0.2, 0) is 0 Å². The van der Waals surface area contributed by atoms with Crippen LogP contribution in [0.1, 0.15) is 67.2 Å². The van der Waals surface area contributed by atoms with Crippen molar-refractivity contribution in [1.82, 2.24) is 0 Å². The van der Waals surface area contributed by atoms with Crippen molar-refractivity contribution < 1.29 is 0 Å². The molecule has 4 aliphatic rings. The van der Waals surface area contributed by atoms with Crippen molar-refractivity contribution >= 4 is 0 Å². The summed E-state index contributed by atoms with van der Waals surface area (Å²) >= 11 is 0. The van der Waals surface area contributed by atoms with Crippen LogP contribution in [0, 0.1) is 17.3 Å². The Labute approximate surface area is 141 Å². The van der Waals surface area contributed by atoms with E-state index in [0.29, 0.717) is 17.3 Å². The minimum absolute atomic E-state index is 0.299. The largest absolute Gasteiger partial charge is 0.0630 e. The molecule has 0 bridgehead atoms. The van der Waals surface area contributed by atoms with E-state index in [0.717, 1.165) is 0 Å². The minimum Gasteiger partial charge on any atom is -0.0630 e. The van der Waals surface area contributed by atoms with Gasteiger partial charge in [0.1, 0.15) is 0 Å². The lowest BCUT2D eigenvalue weighted by Crippen LogP contribution is -2.20. The smallest absolute Gasteiger partial charge is 0.00170 e. The minimum atomic E-state index is 0.299. The fraction of sp³-hybridized carbons (Fsp3) is 0.565. The van der Waals surface area contributed by atoms with Crippen molar-refractivity contribution in [2.24, 2.45) is 17.3 Å². The van der Waals surface area contributed by atoms with Gasteiger partial charge in [-0.05, 0) is 76.4 Å². The van der Waals surface area contributed by atoms with Crippen LogP contribution in [0.2, 0.25) is 0 Å². The summed E-state index contributed by atoms with van der Waals surface area (Å²) in [7, 11) is 0. The second kappa shape index (κ2) is 4.85. The van der Waals surface area contributed by atoms with E-state index in [9.17, 15) is 0 Å². The third kappa shape index (κ3) is 2.17. The molecule has 4 rings (SSSR count). The van der Waals surface area contributed by atoms with Crippen LogP contribution < -0.4 is 0 Å². The van der Waals surface area contributed by atoms with Gasteiger partial charge in [0.15, 0.2) is 0 Å². The molecule has 0 spiro atoms. The molecule has 0 N–H and O–H groups in total. The first-order valence-corrected chi connectivity index (χ1v) is 9.37. The molecular weight excluding hydrogens is 276 g/mol. The van der Waals surface area contributed by atoms with Gasteiger partial charge >= 0.3 is 0 Å². The zero-order valence-corrected chi connectivity index (χ0v) is 15.6. The molecule has 0 heteroatoms. The number of rotatable bonds is 2. The monoisotopic (exact) mass is 306 g/mol. The Morgan fingerprint density at radius 1 is 0.739 bits per heavy atom. The summed E-state index contributed by atoms with van der Waals surface area (Å²) in [5.74, 6) is 1.37. The summed E-state index contributed by atoms with van der Waals surface area (Å²) in [6.45, 7) is 14.3. The highest BCUT2D eigenvalue weighted by molar-refractivity contribution is 5.68. The molecule has 0 amide bonds. The fourth-order valence-electron chi connectivity index (χ4n) is 4.89. The van der Waals surface area contributed by atoms with Crippen LogP contribution >= 0.6 is 0 Å². The van der Waals surface area contributed by atoms with Crippen LogP contribution in [0.5, 0.6) is 0 Å². The van der Waals surface area contributed by atoms with Gasteiger partial charge < -0.3 is 0 Å². The standard InChI is InChI=1S/C23H30/c1-13(2)15-7-17-10-19-20-9-16(14(3)4)11-22(20)23(5,6)12-21(19)18(17)8-15/h7,11,13-14H,8-10,12H2,1-6H3. The maximum absolute atomic E-state index is 2.54. The average Bonchev–Trinajstić information content (AvgIpc) is 3.10. The maximum Gasteiger partial charge on any atom is -0.00170 e. The first-order valence-electron chi connectivity index (χ1n) is 9.37. The lowest BCUT2D eigenvalue weighted by Gasteiger charge is -2.34. The summed E-state index contributed by atoms with van der Waals surface area (Å²) in [4.78, 5) is 0. The summed E-state index contributed by atoms with van der Waals surface area (Å²) in [6.07, 6.45) is 9.93. The molecule has 23 heavy (non-hydrogen) atoms. The SMILES string of the molecule is CC(C)C1=CC2=C(C1)C1=C(C2)C2=C(C=C(C(C)C)C2)C(C)(C)C1. The van der Waals surface area contributed by atoms with Gasteiger partial charge in [0, 0.05) is 0 Å². The van der Waals surface area contributed by atoms with Gasteiger partial charge in [0.05, 0.1) is 0 Å². The van der Waals surface area contributed by atoms with Crippen LogP contribution in [0.3, 0.4) is 0 Å². The molecule has 0 aromatic carbocycles. The molecule has 0 aromatic rings. The molecule has 0 aliphatic heterocycles. The molecule has 4 aliphatic carbocycles. The molecule has 0 nitrogen and oxygen atoms in total. The van der Waals surface area contributed by atoms with Gasteiger partial charge in [-0.2, -0.15) is 0 Å². The topological polar surface area (TPSA) is 0 Å². The van der Waals surface area contributed by atoms with E-state index in [1.807, 2.05) is 0 Å². The Morgan fingerprint density at radius 2 is 1.35 bits per heavy atom. The first kappa shape index (κ1) is 15.2. The Hall–Kier alpha value is -1.30. The summed E-state index contributed by atoms with van der Waals surface area (Å²) in [6, 6.07) is 0. The van der Waals surface area contributed by atoms with Crippen molar-refractivity contribution in [3.63, 3.8) is 0 Å². The van der Waals surface area contributed by atoms with Crippen molar-refractivity contribution in [2.45, 2.75) is 67.2 Å². The molecule has 122 valence electrons. The van der Waals surface area contributed by atoms with Gasteiger partial charge in [0.2, 0.25) is 0 Å². The Balaban J connectivity index is 1.70. The predicted octanol–water partition coefficient (Wildman–Crippen LogP) is 6.68. The van der Waals surface area contributed by atoms with Gasteiger partial charge in [0.25, 0.3) is 0 Å². The predicted molar refractivity (Wildman–Crippen MR) is 99.2 cm³/mol. The second-order valence-electron chi connectivity index (χ2n) is 9.19. The lowest BCUT2D eigenvalue weighted by atomic mass is 9.70. The Morgan fingerprint density at radius 3 is 2.00 bits per heavy atom. The van der Waals surface area contributed by atoms with Crippen LogP contribution in [0.4, 0.5) is 0 Å². The normalized spacial score (nSPS) is 25.4.